The molecule has 0 spiro atoms. The SMILES string of the molecule is O=C(/C=C(\Nc1ccccc1I)C(F)(F)F)c1ccccc1. The second kappa shape index (κ2) is 6.95. The molecule has 2 aromatic carbocycles. The molecule has 2 rings (SSSR count). The molecule has 0 heterocycles. The van der Waals surface area contributed by atoms with Crippen LogP contribution in [0.15, 0.2) is 66.4 Å². The zero-order valence-corrected chi connectivity index (χ0v) is 13.4. The van der Waals surface area contributed by atoms with E-state index in [0.717, 1.165) is 0 Å². The van der Waals surface area contributed by atoms with E-state index in [-0.39, 0.29) is 5.56 Å². The van der Waals surface area contributed by atoms with Gasteiger partial charge < -0.3 is 5.32 Å². The molecule has 2 nitrogen and oxygen atoms in total. The van der Waals surface area contributed by atoms with E-state index < -0.39 is 17.7 Å². The Balaban J connectivity index is 2.33. The van der Waals surface area contributed by atoms with Gasteiger partial charge in [-0.25, -0.2) is 0 Å². The lowest BCUT2D eigenvalue weighted by Gasteiger charge is -2.15. The van der Waals surface area contributed by atoms with Crippen molar-refractivity contribution >= 4 is 34.1 Å². The summed E-state index contributed by atoms with van der Waals surface area (Å²) in [7, 11) is 0. The van der Waals surface area contributed by atoms with Crippen LogP contribution in [-0.4, -0.2) is 12.0 Å². The van der Waals surface area contributed by atoms with Crippen molar-refractivity contribution in [3.63, 3.8) is 0 Å². The number of hydrogen-bond donors (Lipinski definition) is 1. The summed E-state index contributed by atoms with van der Waals surface area (Å²) >= 11 is 1.93. The molecule has 2 aromatic rings. The van der Waals surface area contributed by atoms with Crippen LogP contribution < -0.4 is 5.32 Å². The van der Waals surface area contributed by atoms with Crippen LogP contribution in [-0.2, 0) is 0 Å². The van der Waals surface area contributed by atoms with Gasteiger partial charge in [-0.2, -0.15) is 13.2 Å². The van der Waals surface area contributed by atoms with E-state index in [2.05, 4.69) is 5.32 Å². The molecular weight excluding hydrogens is 406 g/mol. The Labute approximate surface area is 139 Å². The summed E-state index contributed by atoms with van der Waals surface area (Å²) in [6.07, 6.45) is -4.07. The maximum absolute atomic E-state index is 13.1. The highest BCUT2D eigenvalue weighted by Crippen LogP contribution is 2.29. The molecule has 0 radical (unpaired) electrons. The molecule has 0 saturated carbocycles. The van der Waals surface area contributed by atoms with E-state index in [0.29, 0.717) is 15.3 Å². The zero-order valence-electron chi connectivity index (χ0n) is 11.2. The lowest BCUT2D eigenvalue weighted by molar-refractivity contribution is -0.0903. The molecule has 22 heavy (non-hydrogen) atoms. The average molecular weight is 417 g/mol. The standard InChI is InChI=1S/C16H11F3INO/c17-16(18,19)15(21-13-9-5-4-8-12(13)20)10-14(22)11-6-2-1-3-7-11/h1-10,21H/b15-10-. The van der Waals surface area contributed by atoms with Crippen LogP contribution in [0.2, 0.25) is 0 Å². The van der Waals surface area contributed by atoms with Gasteiger partial charge in [0.25, 0.3) is 0 Å². The molecular formula is C16H11F3INO. The van der Waals surface area contributed by atoms with Gasteiger partial charge in [-0.15, -0.1) is 0 Å². The van der Waals surface area contributed by atoms with Gasteiger partial charge in [0, 0.05) is 15.2 Å². The van der Waals surface area contributed by atoms with Gasteiger partial charge in [-0.1, -0.05) is 42.5 Å². The number of hydrogen-bond acceptors (Lipinski definition) is 2. The molecule has 0 atom stereocenters. The first-order valence-electron chi connectivity index (χ1n) is 6.28. The molecule has 114 valence electrons. The molecule has 0 fully saturated rings. The lowest BCUT2D eigenvalue weighted by Crippen LogP contribution is -2.21. The summed E-state index contributed by atoms with van der Waals surface area (Å²) in [6.45, 7) is 0. The highest BCUT2D eigenvalue weighted by Gasteiger charge is 2.35. The summed E-state index contributed by atoms with van der Waals surface area (Å²) < 4.78 is 40.0. The van der Waals surface area contributed by atoms with Gasteiger partial charge in [-0.3, -0.25) is 4.79 Å². The van der Waals surface area contributed by atoms with Crippen LogP contribution in [0.1, 0.15) is 10.4 Å². The largest absolute Gasteiger partial charge is 0.431 e. The number of nitrogens with one attached hydrogen (secondary N) is 1. The predicted octanol–water partition coefficient (Wildman–Crippen LogP) is 5.03. The molecule has 0 aromatic heterocycles. The fourth-order valence-corrected chi connectivity index (χ4v) is 2.24. The topological polar surface area (TPSA) is 29.1 Å². The molecule has 0 aliphatic carbocycles. The van der Waals surface area contributed by atoms with Crippen LogP contribution in [0.4, 0.5) is 18.9 Å². The van der Waals surface area contributed by atoms with Crippen molar-refractivity contribution in [2.45, 2.75) is 6.18 Å². The van der Waals surface area contributed by atoms with E-state index in [1.165, 1.54) is 18.2 Å². The number of allylic oxidation sites excluding steroid dienone is 2. The minimum absolute atomic E-state index is 0.203. The maximum Gasteiger partial charge on any atom is 0.431 e. The van der Waals surface area contributed by atoms with Crippen molar-refractivity contribution < 1.29 is 18.0 Å². The first kappa shape index (κ1) is 16.5. The van der Waals surface area contributed by atoms with Crippen molar-refractivity contribution in [2.24, 2.45) is 0 Å². The quantitative estimate of drug-likeness (QED) is 0.430. The van der Waals surface area contributed by atoms with Crippen LogP contribution in [0.3, 0.4) is 0 Å². The Morgan fingerprint density at radius 2 is 1.59 bits per heavy atom. The summed E-state index contributed by atoms with van der Waals surface area (Å²) in [5.74, 6) is -0.702. The van der Waals surface area contributed by atoms with Gasteiger partial charge in [0.15, 0.2) is 5.78 Å². The lowest BCUT2D eigenvalue weighted by atomic mass is 10.1. The van der Waals surface area contributed by atoms with Crippen LogP contribution in [0, 0.1) is 3.57 Å². The van der Waals surface area contributed by atoms with E-state index >= 15 is 0 Å². The van der Waals surface area contributed by atoms with Gasteiger partial charge in [0.1, 0.15) is 5.70 Å². The van der Waals surface area contributed by atoms with E-state index in [1.54, 1.807) is 36.4 Å². The summed E-state index contributed by atoms with van der Waals surface area (Å²) in [5.41, 5.74) is -0.591. The van der Waals surface area contributed by atoms with Gasteiger partial charge >= 0.3 is 6.18 Å². The Hall–Kier alpha value is -1.83. The van der Waals surface area contributed by atoms with Gasteiger partial charge in [0.2, 0.25) is 0 Å². The number of carbonyl (C=O) groups excluding carboxylic acids is 1. The van der Waals surface area contributed by atoms with Gasteiger partial charge in [-0.05, 0) is 34.7 Å². The first-order valence-corrected chi connectivity index (χ1v) is 7.35. The van der Waals surface area contributed by atoms with Crippen molar-refractivity contribution in [1.29, 1.82) is 0 Å². The van der Waals surface area contributed by atoms with Crippen molar-refractivity contribution in [3.8, 4) is 0 Å². The fourth-order valence-electron chi connectivity index (χ4n) is 1.71. The Morgan fingerprint density at radius 1 is 1.00 bits per heavy atom. The summed E-state index contributed by atoms with van der Waals surface area (Å²) in [5, 5.41) is 2.30. The average Bonchev–Trinajstić information content (AvgIpc) is 2.48. The monoisotopic (exact) mass is 417 g/mol. The highest BCUT2D eigenvalue weighted by molar-refractivity contribution is 14.1. The highest BCUT2D eigenvalue weighted by atomic mass is 127. The molecule has 0 amide bonds. The van der Waals surface area contributed by atoms with E-state index in [9.17, 15) is 18.0 Å². The fraction of sp³-hybridized carbons (Fsp3) is 0.0625. The number of alkyl halides is 3. The third kappa shape index (κ3) is 4.33. The Morgan fingerprint density at radius 3 is 2.18 bits per heavy atom. The third-order valence-corrected chi connectivity index (χ3v) is 3.72. The van der Waals surface area contributed by atoms with Crippen molar-refractivity contribution in [3.05, 3.63) is 75.5 Å². The summed E-state index contributed by atoms with van der Waals surface area (Å²) in [6, 6.07) is 14.4. The molecule has 0 aliphatic rings. The summed E-state index contributed by atoms with van der Waals surface area (Å²) in [4.78, 5) is 12.0. The maximum atomic E-state index is 13.1. The number of anilines is 1. The molecule has 0 saturated heterocycles. The van der Waals surface area contributed by atoms with Gasteiger partial charge in [0.05, 0.1) is 5.69 Å². The number of carbonyl (C=O) groups is 1. The van der Waals surface area contributed by atoms with Crippen LogP contribution in [0.5, 0.6) is 0 Å². The second-order valence-corrected chi connectivity index (χ2v) is 5.55. The second-order valence-electron chi connectivity index (χ2n) is 4.39. The number of rotatable bonds is 4. The normalized spacial score (nSPS) is 12.1. The molecule has 0 bridgehead atoms. The smallest absolute Gasteiger partial charge is 0.351 e. The first-order chi connectivity index (χ1) is 10.4. The van der Waals surface area contributed by atoms with E-state index in [4.69, 9.17) is 0 Å². The van der Waals surface area contributed by atoms with Crippen LogP contribution in [0.25, 0.3) is 0 Å². The molecule has 0 aliphatic heterocycles. The third-order valence-electron chi connectivity index (χ3n) is 2.78. The minimum Gasteiger partial charge on any atom is -0.351 e. The zero-order chi connectivity index (χ0) is 16.2. The van der Waals surface area contributed by atoms with Crippen molar-refractivity contribution in [2.75, 3.05) is 5.32 Å². The number of para-hydroxylation sites is 1. The Kier molecular flexibility index (Phi) is 5.23. The number of halogens is 4. The predicted molar refractivity (Wildman–Crippen MR) is 87.7 cm³/mol. The van der Waals surface area contributed by atoms with E-state index in [1.807, 2.05) is 22.6 Å². The minimum atomic E-state index is -4.65. The number of ketones is 1. The molecule has 0 unspecified atom stereocenters. The van der Waals surface area contributed by atoms with Crippen molar-refractivity contribution in [1.82, 2.24) is 0 Å². The Bertz CT molecular complexity index is 696. The number of benzene rings is 2. The molecule has 6 heteroatoms. The molecule has 1 N–H and O–H groups in total. The van der Waals surface area contributed by atoms with Crippen LogP contribution >= 0.6 is 22.6 Å².